The second-order valence-electron chi connectivity index (χ2n) is 4.08. The van der Waals surface area contributed by atoms with Crippen molar-refractivity contribution >= 4 is 5.69 Å². The smallest absolute Gasteiger partial charge is 0.124 e. The lowest BCUT2D eigenvalue weighted by Crippen LogP contribution is -2.34. The molecule has 1 aromatic carbocycles. The van der Waals surface area contributed by atoms with Gasteiger partial charge >= 0.3 is 0 Å². The van der Waals surface area contributed by atoms with Gasteiger partial charge in [-0.25, -0.2) is 0 Å². The number of nitrogen functional groups attached to an aromatic ring is 1. The molecule has 0 bridgehead atoms. The molecule has 1 saturated carbocycles. The molecule has 0 aromatic heterocycles. The third kappa shape index (κ3) is 2.63. The van der Waals surface area contributed by atoms with Crippen molar-refractivity contribution in [3.05, 3.63) is 24.3 Å². The molecule has 1 aliphatic rings. The second kappa shape index (κ2) is 4.53. The summed E-state index contributed by atoms with van der Waals surface area (Å²) < 4.78 is 5.72. The van der Waals surface area contributed by atoms with Crippen molar-refractivity contribution in [1.82, 2.24) is 0 Å². The topological polar surface area (TPSA) is 55.5 Å². The summed E-state index contributed by atoms with van der Waals surface area (Å²) in [5.41, 5.74) is 6.31. The fraction of sp³-hybridized carbons (Fsp3) is 0.500. The standard InChI is InChI=1S/C12H17NO2/c13-9-5-7-10(8-6-9)15-12-4-2-1-3-11(12)14/h5-8,11-12,14H,1-4,13H2. The largest absolute Gasteiger partial charge is 0.488 e. The first-order valence-electron chi connectivity index (χ1n) is 5.46. The molecule has 3 heteroatoms. The molecule has 0 spiro atoms. The van der Waals surface area contributed by atoms with E-state index in [-0.39, 0.29) is 12.2 Å². The second-order valence-corrected chi connectivity index (χ2v) is 4.08. The van der Waals surface area contributed by atoms with E-state index in [4.69, 9.17) is 10.5 Å². The highest BCUT2D eigenvalue weighted by molar-refractivity contribution is 5.41. The Morgan fingerprint density at radius 2 is 1.80 bits per heavy atom. The fourth-order valence-corrected chi connectivity index (χ4v) is 1.94. The third-order valence-corrected chi connectivity index (χ3v) is 2.84. The van der Waals surface area contributed by atoms with Crippen LogP contribution in [-0.2, 0) is 0 Å². The van der Waals surface area contributed by atoms with Gasteiger partial charge < -0.3 is 15.6 Å². The van der Waals surface area contributed by atoms with Crippen LogP contribution >= 0.6 is 0 Å². The number of rotatable bonds is 2. The van der Waals surface area contributed by atoms with E-state index >= 15 is 0 Å². The average Bonchev–Trinajstić information content (AvgIpc) is 2.25. The third-order valence-electron chi connectivity index (χ3n) is 2.84. The van der Waals surface area contributed by atoms with E-state index in [1.807, 2.05) is 24.3 Å². The van der Waals surface area contributed by atoms with Gasteiger partial charge in [-0.05, 0) is 43.5 Å². The molecule has 1 aromatic rings. The molecular weight excluding hydrogens is 190 g/mol. The van der Waals surface area contributed by atoms with Gasteiger partial charge in [0.2, 0.25) is 0 Å². The lowest BCUT2D eigenvalue weighted by Gasteiger charge is -2.28. The van der Waals surface area contributed by atoms with Crippen molar-refractivity contribution in [2.45, 2.75) is 37.9 Å². The Labute approximate surface area is 89.9 Å². The van der Waals surface area contributed by atoms with Crippen molar-refractivity contribution in [3.63, 3.8) is 0 Å². The zero-order chi connectivity index (χ0) is 10.7. The van der Waals surface area contributed by atoms with Gasteiger partial charge in [-0.15, -0.1) is 0 Å². The van der Waals surface area contributed by atoms with E-state index in [1.165, 1.54) is 0 Å². The number of anilines is 1. The molecule has 0 radical (unpaired) electrons. The van der Waals surface area contributed by atoms with Crippen molar-refractivity contribution in [2.24, 2.45) is 0 Å². The van der Waals surface area contributed by atoms with Crippen molar-refractivity contribution in [1.29, 1.82) is 0 Å². The molecule has 1 aliphatic carbocycles. The van der Waals surface area contributed by atoms with E-state index in [2.05, 4.69) is 0 Å². The maximum atomic E-state index is 9.74. The van der Waals surface area contributed by atoms with Crippen LogP contribution in [-0.4, -0.2) is 17.3 Å². The van der Waals surface area contributed by atoms with Gasteiger partial charge in [-0.3, -0.25) is 0 Å². The van der Waals surface area contributed by atoms with Crippen LogP contribution in [0.25, 0.3) is 0 Å². The monoisotopic (exact) mass is 207 g/mol. The molecule has 3 nitrogen and oxygen atoms in total. The minimum absolute atomic E-state index is 0.0534. The predicted octanol–water partition coefficient (Wildman–Crippen LogP) is 1.95. The minimum Gasteiger partial charge on any atom is -0.488 e. The van der Waals surface area contributed by atoms with Crippen LogP contribution in [0, 0.1) is 0 Å². The Hall–Kier alpha value is -1.22. The highest BCUT2D eigenvalue weighted by Crippen LogP contribution is 2.24. The Morgan fingerprint density at radius 1 is 1.13 bits per heavy atom. The molecule has 15 heavy (non-hydrogen) atoms. The van der Waals surface area contributed by atoms with Crippen LogP contribution in [0.4, 0.5) is 5.69 Å². The van der Waals surface area contributed by atoms with Crippen LogP contribution in [0.3, 0.4) is 0 Å². The molecule has 0 heterocycles. The van der Waals surface area contributed by atoms with Crippen LogP contribution in [0.2, 0.25) is 0 Å². The number of ether oxygens (including phenoxy) is 1. The summed E-state index contributed by atoms with van der Waals surface area (Å²) in [7, 11) is 0. The first kappa shape index (κ1) is 10.3. The van der Waals surface area contributed by atoms with Gasteiger partial charge in [0.1, 0.15) is 11.9 Å². The molecule has 82 valence electrons. The van der Waals surface area contributed by atoms with Crippen LogP contribution in [0.1, 0.15) is 25.7 Å². The normalized spacial score (nSPS) is 26.2. The van der Waals surface area contributed by atoms with E-state index in [9.17, 15) is 5.11 Å². The van der Waals surface area contributed by atoms with Gasteiger partial charge in [0, 0.05) is 5.69 Å². The quantitative estimate of drug-likeness (QED) is 0.729. The van der Waals surface area contributed by atoms with Gasteiger partial charge in [0.25, 0.3) is 0 Å². The summed E-state index contributed by atoms with van der Waals surface area (Å²) >= 11 is 0. The van der Waals surface area contributed by atoms with E-state index in [0.29, 0.717) is 0 Å². The minimum atomic E-state index is -0.323. The maximum Gasteiger partial charge on any atom is 0.124 e. The molecule has 2 atom stereocenters. The number of hydrogen-bond donors (Lipinski definition) is 2. The number of aliphatic hydroxyl groups excluding tert-OH is 1. The number of hydrogen-bond acceptors (Lipinski definition) is 3. The Balaban J connectivity index is 1.98. The van der Waals surface area contributed by atoms with Gasteiger partial charge in [-0.2, -0.15) is 0 Å². The number of benzene rings is 1. The summed E-state index contributed by atoms with van der Waals surface area (Å²) in [6, 6.07) is 7.31. The molecule has 0 amide bonds. The van der Waals surface area contributed by atoms with Gasteiger partial charge in [-0.1, -0.05) is 6.42 Å². The summed E-state index contributed by atoms with van der Waals surface area (Å²) in [5, 5.41) is 9.74. The van der Waals surface area contributed by atoms with E-state index in [0.717, 1.165) is 37.1 Å². The van der Waals surface area contributed by atoms with Crippen LogP contribution in [0.5, 0.6) is 5.75 Å². The predicted molar refractivity (Wildman–Crippen MR) is 59.7 cm³/mol. The summed E-state index contributed by atoms with van der Waals surface area (Å²) in [6.45, 7) is 0. The van der Waals surface area contributed by atoms with Crippen molar-refractivity contribution in [3.8, 4) is 5.75 Å². The molecular formula is C12H17NO2. The molecule has 2 unspecified atom stereocenters. The van der Waals surface area contributed by atoms with E-state index in [1.54, 1.807) is 0 Å². The highest BCUT2D eigenvalue weighted by Gasteiger charge is 2.24. The molecule has 0 aliphatic heterocycles. The summed E-state index contributed by atoms with van der Waals surface area (Å²) in [4.78, 5) is 0. The first-order chi connectivity index (χ1) is 7.25. The van der Waals surface area contributed by atoms with Crippen molar-refractivity contribution < 1.29 is 9.84 Å². The lowest BCUT2D eigenvalue weighted by molar-refractivity contribution is 0.00688. The zero-order valence-electron chi connectivity index (χ0n) is 8.73. The van der Waals surface area contributed by atoms with Gasteiger partial charge in [0.15, 0.2) is 0 Å². The summed E-state index contributed by atoms with van der Waals surface area (Å²) in [5.74, 6) is 0.787. The van der Waals surface area contributed by atoms with E-state index < -0.39 is 0 Å². The average molecular weight is 207 g/mol. The number of nitrogens with two attached hydrogens (primary N) is 1. The lowest BCUT2D eigenvalue weighted by atomic mass is 9.95. The molecule has 3 N–H and O–H groups in total. The van der Waals surface area contributed by atoms with Gasteiger partial charge in [0.05, 0.1) is 6.10 Å². The molecule has 2 rings (SSSR count). The SMILES string of the molecule is Nc1ccc(OC2CCCCC2O)cc1. The zero-order valence-corrected chi connectivity index (χ0v) is 8.73. The maximum absolute atomic E-state index is 9.74. The Bertz CT molecular complexity index is 310. The highest BCUT2D eigenvalue weighted by atomic mass is 16.5. The first-order valence-corrected chi connectivity index (χ1v) is 5.46. The molecule has 0 saturated heterocycles. The molecule has 1 fully saturated rings. The summed E-state index contributed by atoms with van der Waals surface area (Å²) in [6.07, 6.45) is 3.64. The Kier molecular flexibility index (Phi) is 3.11. The van der Waals surface area contributed by atoms with Crippen molar-refractivity contribution in [2.75, 3.05) is 5.73 Å². The van der Waals surface area contributed by atoms with Crippen LogP contribution < -0.4 is 10.5 Å². The number of aliphatic hydroxyl groups is 1. The van der Waals surface area contributed by atoms with Crippen LogP contribution in [0.15, 0.2) is 24.3 Å². The Morgan fingerprint density at radius 3 is 2.47 bits per heavy atom. The fourth-order valence-electron chi connectivity index (χ4n) is 1.94.